The largest absolute Gasteiger partial charge is 0.455 e. The summed E-state index contributed by atoms with van der Waals surface area (Å²) in [7, 11) is -2.70. The maximum absolute atomic E-state index is 6.77. The van der Waals surface area contributed by atoms with Gasteiger partial charge in [-0.2, -0.15) is 0 Å². The molecule has 0 atom stereocenters. The molecular formula is C66H45NOSi. The van der Waals surface area contributed by atoms with E-state index < -0.39 is 8.07 Å². The molecule has 1 heterocycles. The number of hydrogen-bond acceptors (Lipinski definition) is 2. The highest BCUT2D eigenvalue weighted by Gasteiger charge is 2.41. The summed E-state index contributed by atoms with van der Waals surface area (Å²) < 4.78 is 6.77. The van der Waals surface area contributed by atoms with Gasteiger partial charge in [-0.15, -0.1) is 0 Å². The van der Waals surface area contributed by atoms with Crippen molar-refractivity contribution < 1.29 is 4.42 Å². The Morgan fingerprint density at radius 1 is 0.304 bits per heavy atom. The van der Waals surface area contributed by atoms with Crippen molar-refractivity contribution in [2.24, 2.45) is 0 Å². The molecule has 13 aromatic rings. The first-order valence-electron chi connectivity index (χ1n) is 23.7. The molecule has 12 aromatic carbocycles. The lowest BCUT2D eigenvalue weighted by Gasteiger charge is -2.34. The molecule has 0 aliphatic carbocycles. The summed E-state index contributed by atoms with van der Waals surface area (Å²) in [5.74, 6) is 0. The molecule has 0 N–H and O–H groups in total. The summed E-state index contributed by atoms with van der Waals surface area (Å²) in [6, 6.07) is 100. The minimum absolute atomic E-state index is 0.862. The van der Waals surface area contributed by atoms with Crippen LogP contribution in [-0.2, 0) is 0 Å². The number of benzene rings is 12. The Labute approximate surface area is 402 Å². The van der Waals surface area contributed by atoms with Crippen LogP contribution in [0.3, 0.4) is 0 Å². The zero-order valence-electron chi connectivity index (χ0n) is 37.8. The summed E-state index contributed by atoms with van der Waals surface area (Å²) in [4.78, 5) is 2.41. The molecule has 69 heavy (non-hydrogen) atoms. The molecule has 0 saturated carbocycles. The van der Waals surface area contributed by atoms with Crippen LogP contribution in [0.15, 0.2) is 277 Å². The van der Waals surface area contributed by atoms with Crippen LogP contribution in [-0.4, -0.2) is 8.07 Å². The maximum atomic E-state index is 6.77. The van der Waals surface area contributed by atoms with Crippen LogP contribution < -0.4 is 25.6 Å². The van der Waals surface area contributed by atoms with Crippen LogP contribution in [0.2, 0.25) is 0 Å². The highest BCUT2D eigenvalue weighted by Crippen LogP contribution is 2.46. The Balaban J connectivity index is 0.981. The molecule has 0 fully saturated rings. The van der Waals surface area contributed by atoms with Crippen LogP contribution in [0.25, 0.3) is 76.5 Å². The molecule has 0 aliphatic heterocycles. The predicted molar refractivity (Wildman–Crippen MR) is 295 cm³/mol. The second-order valence-corrected chi connectivity index (χ2v) is 21.8. The van der Waals surface area contributed by atoms with Gasteiger partial charge in [0.15, 0.2) is 8.07 Å². The van der Waals surface area contributed by atoms with Crippen molar-refractivity contribution in [1.82, 2.24) is 0 Å². The van der Waals surface area contributed by atoms with Gasteiger partial charge in [0.2, 0.25) is 0 Å². The van der Waals surface area contributed by atoms with Crippen molar-refractivity contribution >= 4 is 100 Å². The van der Waals surface area contributed by atoms with Gasteiger partial charge >= 0.3 is 0 Å². The topological polar surface area (TPSA) is 16.4 Å². The third kappa shape index (κ3) is 6.78. The molecule has 324 valence electrons. The normalized spacial score (nSPS) is 11.8. The summed E-state index contributed by atoms with van der Waals surface area (Å²) in [5.41, 5.74) is 9.75. The van der Waals surface area contributed by atoms with Crippen molar-refractivity contribution in [2.45, 2.75) is 0 Å². The van der Waals surface area contributed by atoms with E-state index in [0.29, 0.717) is 0 Å². The number of nitrogens with zero attached hydrogens (tertiary/aromatic N) is 1. The first kappa shape index (κ1) is 40.5. The molecule has 0 spiro atoms. The van der Waals surface area contributed by atoms with E-state index in [0.717, 1.165) is 49.8 Å². The van der Waals surface area contributed by atoms with Gasteiger partial charge in [-0.05, 0) is 112 Å². The van der Waals surface area contributed by atoms with Gasteiger partial charge in [0.1, 0.15) is 11.2 Å². The fraction of sp³-hybridized carbons (Fsp3) is 0. The Bertz CT molecular complexity index is 3900. The molecule has 3 heteroatoms. The molecule has 2 nitrogen and oxygen atoms in total. The second kappa shape index (κ2) is 16.8. The predicted octanol–water partition coefficient (Wildman–Crippen LogP) is 15.2. The zero-order valence-corrected chi connectivity index (χ0v) is 38.8. The average Bonchev–Trinajstić information content (AvgIpc) is 3.83. The first-order chi connectivity index (χ1) is 34.2. The summed E-state index contributed by atoms with van der Waals surface area (Å²) in [6.07, 6.45) is 0. The lowest BCUT2D eigenvalue weighted by molar-refractivity contribution is 0.672. The molecule has 13 rings (SSSR count). The third-order valence-electron chi connectivity index (χ3n) is 14.2. The Hall–Kier alpha value is -8.76. The lowest BCUT2D eigenvalue weighted by Crippen LogP contribution is -2.74. The monoisotopic (exact) mass is 895 g/mol. The number of hydrogen-bond donors (Lipinski definition) is 0. The summed E-state index contributed by atoms with van der Waals surface area (Å²) in [5, 5.41) is 14.8. The number of fused-ring (bicyclic) bond motifs is 8. The lowest BCUT2D eigenvalue weighted by atomic mass is 9.94. The van der Waals surface area contributed by atoms with Crippen LogP contribution in [0.5, 0.6) is 0 Å². The van der Waals surface area contributed by atoms with E-state index in [1.165, 1.54) is 64.5 Å². The first-order valence-corrected chi connectivity index (χ1v) is 25.7. The van der Waals surface area contributed by atoms with Crippen LogP contribution in [0.1, 0.15) is 0 Å². The van der Waals surface area contributed by atoms with Crippen LogP contribution in [0.4, 0.5) is 17.1 Å². The Morgan fingerprint density at radius 2 is 0.812 bits per heavy atom. The van der Waals surface area contributed by atoms with Gasteiger partial charge in [-0.3, -0.25) is 0 Å². The molecule has 1 aromatic heterocycles. The smallest absolute Gasteiger partial charge is 0.179 e. The minimum Gasteiger partial charge on any atom is -0.455 e. The minimum atomic E-state index is -2.70. The number of anilines is 3. The second-order valence-electron chi connectivity index (χ2n) is 18.0. The van der Waals surface area contributed by atoms with E-state index >= 15 is 0 Å². The van der Waals surface area contributed by atoms with E-state index in [-0.39, 0.29) is 0 Å². The third-order valence-corrected chi connectivity index (χ3v) is 19.0. The Kier molecular flexibility index (Phi) is 9.88. The SMILES string of the molecule is c1ccc(-c2ccccc2-c2ccc(N(c3ccc4c(ccc5cc([Si](c6ccccc6)(c6ccccc6)c6ccccc6)ccc54)c3)c3cccc4oc5c6ccccc6ccc5c34)cc2)cc1. The maximum Gasteiger partial charge on any atom is 0.179 e. The Morgan fingerprint density at radius 3 is 1.46 bits per heavy atom. The molecular weight excluding hydrogens is 851 g/mol. The fourth-order valence-electron chi connectivity index (χ4n) is 11.0. The van der Waals surface area contributed by atoms with Crippen LogP contribution in [0, 0.1) is 0 Å². The van der Waals surface area contributed by atoms with E-state index in [2.05, 4.69) is 278 Å². The number of furan rings is 1. The molecule has 0 aliphatic rings. The highest BCUT2D eigenvalue weighted by atomic mass is 28.3. The highest BCUT2D eigenvalue weighted by molar-refractivity contribution is 7.20. The van der Waals surface area contributed by atoms with Gasteiger partial charge in [0.25, 0.3) is 0 Å². The van der Waals surface area contributed by atoms with Gasteiger partial charge in [-0.1, -0.05) is 231 Å². The standard InChI is InChI=1S/C66H45NOSi/c1-5-18-46(19-6-1)57-27-15-16-28-58(57)48-34-37-51(38-35-48)67(63-30-17-31-64-65(63)62-41-36-47-20-13-14-29-61(47)66(62)68-64)52-39-42-59-49(44-52)32-33-50-45-56(40-43-60(50)59)69(53-21-7-2-8-22-53,54-23-9-3-10-24-54)55-25-11-4-12-26-55/h1-45H. The van der Waals surface area contributed by atoms with Gasteiger partial charge < -0.3 is 9.32 Å². The summed E-state index contributed by atoms with van der Waals surface area (Å²) in [6.45, 7) is 0. The average molecular weight is 896 g/mol. The van der Waals surface area contributed by atoms with Gasteiger partial charge in [-0.25, -0.2) is 0 Å². The van der Waals surface area contributed by atoms with Crippen molar-refractivity contribution in [1.29, 1.82) is 0 Å². The van der Waals surface area contributed by atoms with Crippen molar-refractivity contribution in [3.05, 3.63) is 273 Å². The van der Waals surface area contributed by atoms with Crippen molar-refractivity contribution in [3.8, 4) is 22.3 Å². The van der Waals surface area contributed by atoms with Gasteiger partial charge in [0.05, 0.1) is 11.1 Å². The van der Waals surface area contributed by atoms with E-state index in [9.17, 15) is 0 Å². The zero-order chi connectivity index (χ0) is 45.7. The van der Waals surface area contributed by atoms with Crippen LogP contribution >= 0.6 is 0 Å². The van der Waals surface area contributed by atoms with Gasteiger partial charge in [0, 0.05) is 22.1 Å². The van der Waals surface area contributed by atoms with E-state index in [4.69, 9.17) is 4.42 Å². The van der Waals surface area contributed by atoms with E-state index in [1.807, 2.05) is 0 Å². The molecule has 0 bridgehead atoms. The summed E-state index contributed by atoms with van der Waals surface area (Å²) >= 11 is 0. The number of rotatable bonds is 9. The quantitative estimate of drug-likeness (QED) is 0.0815. The fourth-order valence-corrected chi connectivity index (χ4v) is 15.8. The van der Waals surface area contributed by atoms with Crippen molar-refractivity contribution in [3.63, 3.8) is 0 Å². The molecule has 0 radical (unpaired) electrons. The van der Waals surface area contributed by atoms with E-state index in [1.54, 1.807) is 0 Å². The molecule has 0 unspecified atom stereocenters. The molecule has 0 saturated heterocycles. The molecule has 0 amide bonds. The van der Waals surface area contributed by atoms with Crippen molar-refractivity contribution in [2.75, 3.05) is 4.90 Å².